The molecule has 6 nitrogen and oxygen atoms in total. The molecule has 0 spiro atoms. The van der Waals surface area contributed by atoms with Crippen molar-refractivity contribution >= 4 is 29.4 Å². The maximum absolute atomic E-state index is 12.7. The van der Waals surface area contributed by atoms with E-state index in [1.165, 1.54) is 17.1 Å². The van der Waals surface area contributed by atoms with Gasteiger partial charge in [-0.1, -0.05) is 18.2 Å². The molecule has 0 fully saturated rings. The summed E-state index contributed by atoms with van der Waals surface area (Å²) in [6, 6.07) is 13.4. The minimum absolute atomic E-state index is 0.103. The van der Waals surface area contributed by atoms with E-state index in [1.807, 2.05) is 24.3 Å². The van der Waals surface area contributed by atoms with Crippen LogP contribution in [0.25, 0.3) is 6.08 Å². The van der Waals surface area contributed by atoms with Gasteiger partial charge in [-0.25, -0.2) is 4.79 Å². The largest absolute Gasteiger partial charge is 0.497 e. The van der Waals surface area contributed by atoms with E-state index < -0.39 is 5.97 Å². The number of carboxylic acid groups (broad SMARTS) is 1. The first kappa shape index (κ1) is 16.4. The van der Waals surface area contributed by atoms with Crippen LogP contribution in [0.15, 0.2) is 59.2 Å². The molecule has 2 aromatic rings. The van der Waals surface area contributed by atoms with E-state index in [4.69, 9.17) is 9.84 Å². The number of hydrogen-bond donors (Lipinski definition) is 1. The number of ether oxygens (including phenoxy) is 1. The molecule has 1 N–H and O–H groups in total. The van der Waals surface area contributed by atoms with E-state index in [0.29, 0.717) is 17.0 Å². The Bertz CT molecular complexity index is 898. The molecular weight excluding hydrogens is 320 g/mol. The number of nitrogens with zero attached hydrogens (tertiary/aromatic N) is 2. The van der Waals surface area contributed by atoms with Gasteiger partial charge < -0.3 is 9.84 Å². The van der Waals surface area contributed by atoms with Gasteiger partial charge in [-0.3, -0.25) is 4.79 Å². The maximum atomic E-state index is 12.7. The van der Waals surface area contributed by atoms with Gasteiger partial charge in [-0.05, 0) is 48.9 Å². The zero-order chi connectivity index (χ0) is 18.0. The number of amides is 1. The SMILES string of the molecule is COc1ccc(/C=C2\C(=O)N(c3cccc(C(=O)O)c3)N=C2C)cc1. The Balaban J connectivity index is 1.91. The third-order valence-corrected chi connectivity index (χ3v) is 3.83. The Labute approximate surface area is 144 Å². The van der Waals surface area contributed by atoms with Crippen LogP contribution in [-0.2, 0) is 4.79 Å². The van der Waals surface area contributed by atoms with E-state index in [2.05, 4.69) is 5.10 Å². The highest BCUT2D eigenvalue weighted by Gasteiger charge is 2.29. The van der Waals surface area contributed by atoms with Crippen molar-refractivity contribution in [3.8, 4) is 5.75 Å². The van der Waals surface area contributed by atoms with Crippen LogP contribution in [0.4, 0.5) is 5.69 Å². The summed E-state index contributed by atoms with van der Waals surface area (Å²) >= 11 is 0. The summed E-state index contributed by atoms with van der Waals surface area (Å²) in [5.41, 5.74) is 2.40. The zero-order valence-corrected chi connectivity index (χ0v) is 13.8. The third kappa shape index (κ3) is 3.28. The predicted molar refractivity (Wildman–Crippen MR) is 95.0 cm³/mol. The van der Waals surface area contributed by atoms with Crippen molar-refractivity contribution in [3.63, 3.8) is 0 Å². The lowest BCUT2D eigenvalue weighted by atomic mass is 10.1. The molecule has 126 valence electrons. The lowest BCUT2D eigenvalue weighted by Crippen LogP contribution is -2.21. The average Bonchev–Trinajstić information content (AvgIpc) is 2.90. The Morgan fingerprint density at radius 2 is 1.92 bits per heavy atom. The van der Waals surface area contributed by atoms with Crippen LogP contribution in [0, 0.1) is 0 Å². The molecule has 1 amide bonds. The molecule has 1 aliphatic rings. The van der Waals surface area contributed by atoms with E-state index in [1.54, 1.807) is 32.2 Å². The second-order valence-electron chi connectivity index (χ2n) is 5.49. The molecule has 3 rings (SSSR count). The number of benzene rings is 2. The maximum Gasteiger partial charge on any atom is 0.335 e. The first-order valence-corrected chi connectivity index (χ1v) is 7.59. The summed E-state index contributed by atoms with van der Waals surface area (Å²) in [6.45, 7) is 1.74. The predicted octanol–water partition coefficient (Wildman–Crippen LogP) is 3.20. The van der Waals surface area contributed by atoms with Crippen molar-refractivity contribution < 1.29 is 19.4 Å². The van der Waals surface area contributed by atoms with Crippen LogP contribution in [0.2, 0.25) is 0 Å². The van der Waals surface area contributed by atoms with Gasteiger partial charge in [0.25, 0.3) is 5.91 Å². The molecule has 2 aromatic carbocycles. The molecule has 0 saturated carbocycles. The Morgan fingerprint density at radius 1 is 1.20 bits per heavy atom. The van der Waals surface area contributed by atoms with Crippen molar-refractivity contribution in [1.82, 2.24) is 0 Å². The van der Waals surface area contributed by atoms with E-state index in [0.717, 1.165) is 11.3 Å². The molecule has 25 heavy (non-hydrogen) atoms. The molecule has 0 unspecified atom stereocenters. The molecule has 0 radical (unpaired) electrons. The van der Waals surface area contributed by atoms with Gasteiger partial charge in [-0.2, -0.15) is 10.1 Å². The van der Waals surface area contributed by atoms with Crippen LogP contribution in [0.5, 0.6) is 5.75 Å². The number of carbonyl (C=O) groups is 2. The molecular formula is C19H16N2O4. The number of rotatable bonds is 4. The van der Waals surface area contributed by atoms with Crippen molar-refractivity contribution in [2.45, 2.75) is 6.92 Å². The standard InChI is InChI=1S/C19H16N2O4/c1-12-17(10-13-6-8-16(25-2)9-7-13)18(22)21(20-12)15-5-3-4-14(11-15)19(23)24/h3-11H,1-2H3,(H,23,24)/b17-10-. The number of carboxylic acids is 1. The molecule has 6 heteroatoms. The second-order valence-corrected chi connectivity index (χ2v) is 5.49. The van der Waals surface area contributed by atoms with Crippen LogP contribution in [-0.4, -0.2) is 29.8 Å². The van der Waals surface area contributed by atoms with Crippen molar-refractivity contribution in [2.75, 3.05) is 12.1 Å². The smallest absolute Gasteiger partial charge is 0.335 e. The van der Waals surface area contributed by atoms with Crippen LogP contribution >= 0.6 is 0 Å². The fourth-order valence-corrected chi connectivity index (χ4v) is 2.50. The lowest BCUT2D eigenvalue weighted by Gasteiger charge is -2.12. The van der Waals surface area contributed by atoms with E-state index in [-0.39, 0.29) is 11.5 Å². The van der Waals surface area contributed by atoms with E-state index in [9.17, 15) is 9.59 Å². The minimum Gasteiger partial charge on any atom is -0.497 e. The second kappa shape index (κ2) is 6.60. The first-order chi connectivity index (χ1) is 12.0. The van der Waals surface area contributed by atoms with Gasteiger partial charge in [0.05, 0.1) is 29.6 Å². The number of aromatic carboxylic acids is 1. The van der Waals surface area contributed by atoms with Crippen LogP contribution < -0.4 is 9.75 Å². The molecule has 0 atom stereocenters. The zero-order valence-electron chi connectivity index (χ0n) is 13.8. The fourth-order valence-electron chi connectivity index (χ4n) is 2.50. The monoisotopic (exact) mass is 336 g/mol. The summed E-state index contributed by atoms with van der Waals surface area (Å²) in [5.74, 6) is -0.614. The van der Waals surface area contributed by atoms with Gasteiger partial charge in [0, 0.05) is 0 Å². The summed E-state index contributed by atoms with van der Waals surface area (Å²) in [6.07, 6.45) is 1.75. The molecule has 1 aliphatic heterocycles. The normalized spacial score (nSPS) is 15.4. The molecule has 1 heterocycles. The minimum atomic E-state index is -1.05. The number of hydrogen-bond acceptors (Lipinski definition) is 4. The highest BCUT2D eigenvalue weighted by molar-refractivity contribution is 6.32. The molecule has 0 bridgehead atoms. The van der Waals surface area contributed by atoms with Gasteiger partial charge in [0.1, 0.15) is 5.75 Å². The van der Waals surface area contributed by atoms with Crippen LogP contribution in [0.3, 0.4) is 0 Å². The average molecular weight is 336 g/mol. The summed E-state index contributed by atoms with van der Waals surface area (Å²) < 4.78 is 5.12. The molecule has 0 aliphatic carbocycles. The molecule has 0 saturated heterocycles. The first-order valence-electron chi connectivity index (χ1n) is 7.59. The van der Waals surface area contributed by atoms with Crippen LogP contribution in [0.1, 0.15) is 22.8 Å². The fraction of sp³-hybridized carbons (Fsp3) is 0.105. The third-order valence-electron chi connectivity index (χ3n) is 3.83. The van der Waals surface area contributed by atoms with Gasteiger partial charge >= 0.3 is 5.97 Å². The summed E-state index contributed by atoms with van der Waals surface area (Å²) in [5, 5.41) is 14.6. The lowest BCUT2D eigenvalue weighted by molar-refractivity contribution is -0.114. The quantitative estimate of drug-likeness (QED) is 0.870. The Kier molecular flexibility index (Phi) is 4.35. The topological polar surface area (TPSA) is 79.2 Å². The number of methoxy groups -OCH3 is 1. The van der Waals surface area contributed by atoms with Gasteiger partial charge in [0.15, 0.2) is 0 Å². The number of anilines is 1. The highest BCUT2D eigenvalue weighted by Crippen LogP contribution is 2.26. The van der Waals surface area contributed by atoms with Gasteiger partial charge in [-0.15, -0.1) is 0 Å². The van der Waals surface area contributed by atoms with Crippen molar-refractivity contribution in [2.24, 2.45) is 5.10 Å². The van der Waals surface area contributed by atoms with E-state index >= 15 is 0 Å². The Hall–Kier alpha value is -3.41. The summed E-state index contributed by atoms with van der Waals surface area (Å²) in [4.78, 5) is 23.8. The summed E-state index contributed by atoms with van der Waals surface area (Å²) in [7, 11) is 1.59. The van der Waals surface area contributed by atoms with Crippen molar-refractivity contribution in [1.29, 1.82) is 0 Å². The Morgan fingerprint density at radius 3 is 2.56 bits per heavy atom. The van der Waals surface area contributed by atoms with Gasteiger partial charge in [0.2, 0.25) is 0 Å². The number of hydrazone groups is 1. The molecule has 0 aromatic heterocycles. The highest BCUT2D eigenvalue weighted by atomic mass is 16.5. The van der Waals surface area contributed by atoms with Crippen molar-refractivity contribution in [3.05, 3.63) is 65.2 Å². The number of carbonyl (C=O) groups excluding carboxylic acids is 1.